The lowest BCUT2D eigenvalue weighted by atomic mass is 9.97. The average molecular weight is 275 g/mol. The number of likely N-dealkylation sites (N-methyl/N-ethyl adjacent to an activating group) is 1. The van der Waals surface area contributed by atoms with Gasteiger partial charge in [0.2, 0.25) is 0 Å². The zero-order valence-electron chi connectivity index (χ0n) is 13.2. The van der Waals surface area contributed by atoms with Gasteiger partial charge in [0.05, 0.1) is 0 Å². The molecule has 0 radical (unpaired) electrons. The van der Waals surface area contributed by atoms with E-state index in [4.69, 9.17) is 5.73 Å². The molecular weight excluding hydrogens is 246 g/mol. The molecule has 3 nitrogen and oxygen atoms in total. The van der Waals surface area contributed by atoms with Crippen molar-refractivity contribution in [2.24, 2.45) is 5.73 Å². The third-order valence-electron chi connectivity index (χ3n) is 4.56. The second-order valence-electron chi connectivity index (χ2n) is 5.91. The normalized spacial score (nSPS) is 22.9. The molecule has 0 saturated carbocycles. The first kappa shape index (κ1) is 15.5. The minimum Gasteiger partial charge on any atom is -0.329 e. The van der Waals surface area contributed by atoms with E-state index in [0.717, 1.165) is 39.0 Å². The largest absolute Gasteiger partial charge is 0.329 e. The van der Waals surface area contributed by atoms with E-state index < -0.39 is 0 Å². The van der Waals surface area contributed by atoms with E-state index in [2.05, 4.69) is 55.0 Å². The third kappa shape index (κ3) is 3.40. The Morgan fingerprint density at radius 3 is 2.45 bits per heavy atom. The zero-order chi connectivity index (χ0) is 14.5. The third-order valence-corrected chi connectivity index (χ3v) is 4.56. The van der Waals surface area contributed by atoms with Gasteiger partial charge in [0.15, 0.2) is 0 Å². The summed E-state index contributed by atoms with van der Waals surface area (Å²) < 4.78 is 0. The van der Waals surface area contributed by atoms with Crippen molar-refractivity contribution in [2.45, 2.75) is 38.8 Å². The van der Waals surface area contributed by atoms with Crippen molar-refractivity contribution in [3.05, 3.63) is 35.4 Å². The highest BCUT2D eigenvalue weighted by Gasteiger charge is 2.29. The predicted molar refractivity (Wildman–Crippen MR) is 85.9 cm³/mol. The van der Waals surface area contributed by atoms with Crippen molar-refractivity contribution in [1.29, 1.82) is 0 Å². The second-order valence-corrected chi connectivity index (χ2v) is 5.91. The van der Waals surface area contributed by atoms with E-state index in [1.165, 1.54) is 11.1 Å². The molecule has 3 heteroatoms. The van der Waals surface area contributed by atoms with Crippen LogP contribution in [0, 0.1) is 0 Å². The molecule has 0 spiro atoms. The minimum atomic E-state index is 0.476. The van der Waals surface area contributed by atoms with Gasteiger partial charge in [-0.2, -0.15) is 0 Å². The van der Waals surface area contributed by atoms with Crippen LogP contribution in [0.25, 0.3) is 0 Å². The molecule has 1 saturated heterocycles. The summed E-state index contributed by atoms with van der Waals surface area (Å²) in [7, 11) is 2.19. The molecule has 2 atom stereocenters. The van der Waals surface area contributed by atoms with Crippen LogP contribution in [0.5, 0.6) is 0 Å². The molecule has 0 bridgehead atoms. The summed E-state index contributed by atoms with van der Waals surface area (Å²) in [6.45, 7) is 8.57. The summed E-state index contributed by atoms with van der Waals surface area (Å²) >= 11 is 0. The van der Waals surface area contributed by atoms with Crippen molar-refractivity contribution in [3.8, 4) is 0 Å². The molecule has 0 amide bonds. The molecule has 2 N–H and O–H groups in total. The monoisotopic (exact) mass is 275 g/mol. The van der Waals surface area contributed by atoms with Crippen LogP contribution < -0.4 is 5.73 Å². The van der Waals surface area contributed by atoms with Gasteiger partial charge >= 0.3 is 0 Å². The quantitative estimate of drug-likeness (QED) is 0.895. The molecule has 112 valence electrons. The Kier molecular flexibility index (Phi) is 5.58. The molecule has 1 fully saturated rings. The standard InChI is InChI=1S/C17H29N3/c1-4-14-6-8-15(9-7-14)17(5-2)20-11-10-19(3)13-16(20)12-18/h6-9,16-17H,4-5,10-13,18H2,1-3H3. The highest BCUT2D eigenvalue weighted by Crippen LogP contribution is 2.28. The van der Waals surface area contributed by atoms with Crippen LogP contribution in [0.15, 0.2) is 24.3 Å². The number of nitrogens with zero attached hydrogens (tertiary/aromatic N) is 2. The van der Waals surface area contributed by atoms with Gasteiger partial charge in [-0.05, 0) is 31.0 Å². The number of rotatable bonds is 5. The number of piperazine rings is 1. The van der Waals surface area contributed by atoms with Crippen LogP contribution in [-0.4, -0.2) is 49.1 Å². The highest BCUT2D eigenvalue weighted by molar-refractivity contribution is 5.25. The predicted octanol–water partition coefficient (Wildman–Crippen LogP) is 2.27. The molecule has 2 rings (SSSR count). The Labute approximate surface area is 123 Å². The molecule has 1 aliphatic heterocycles. The summed E-state index contributed by atoms with van der Waals surface area (Å²) in [5.41, 5.74) is 8.86. The maximum absolute atomic E-state index is 6.00. The Morgan fingerprint density at radius 2 is 1.90 bits per heavy atom. The van der Waals surface area contributed by atoms with E-state index in [1.54, 1.807) is 0 Å². The molecule has 1 aromatic carbocycles. The number of hydrogen-bond donors (Lipinski definition) is 1. The van der Waals surface area contributed by atoms with E-state index >= 15 is 0 Å². The number of nitrogens with two attached hydrogens (primary N) is 1. The Balaban J connectivity index is 2.17. The van der Waals surface area contributed by atoms with Crippen LogP contribution in [0.3, 0.4) is 0 Å². The molecule has 1 aliphatic rings. The van der Waals surface area contributed by atoms with Gasteiger partial charge in [-0.15, -0.1) is 0 Å². The van der Waals surface area contributed by atoms with E-state index in [1.807, 2.05) is 0 Å². The summed E-state index contributed by atoms with van der Waals surface area (Å²) in [4.78, 5) is 5.00. The smallest absolute Gasteiger partial charge is 0.0352 e. The maximum atomic E-state index is 6.00. The molecule has 20 heavy (non-hydrogen) atoms. The second kappa shape index (κ2) is 7.21. The molecule has 0 aromatic heterocycles. The van der Waals surface area contributed by atoms with Crippen LogP contribution >= 0.6 is 0 Å². The van der Waals surface area contributed by atoms with Gasteiger partial charge in [0, 0.05) is 38.3 Å². The average Bonchev–Trinajstić information content (AvgIpc) is 2.50. The molecule has 0 aliphatic carbocycles. The van der Waals surface area contributed by atoms with Gasteiger partial charge in [0.25, 0.3) is 0 Å². The molecule has 1 heterocycles. The summed E-state index contributed by atoms with van der Waals surface area (Å²) in [5, 5.41) is 0. The van der Waals surface area contributed by atoms with Crippen LogP contribution in [0.1, 0.15) is 37.4 Å². The lowest BCUT2D eigenvalue weighted by Gasteiger charge is -2.44. The van der Waals surface area contributed by atoms with E-state index in [0.29, 0.717) is 12.1 Å². The summed E-state index contributed by atoms with van der Waals surface area (Å²) in [6, 6.07) is 10.1. The fraction of sp³-hybridized carbons (Fsp3) is 0.647. The summed E-state index contributed by atoms with van der Waals surface area (Å²) in [5.74, 6) is 0. The zero-order valence-corrected chi connectivity index (χ0v) is 13.2. The van der Waals surface area contributed by atoms with Crippen molar-refractivity contribution in [1.82, 2.24) is 9.80 Å². The van der Waals surface area contributed by atoms with Crippen molar-refractivity contribution < 1.29 is 0 Å². The van der Waals surface area contributed by atoms with E-state index in [-0.39, 0.29) is 0 Å². The maximum Gasteiger partial charge on any atom is 0.0352 e. The number of aryl methyl sites for hydroxylation is 1. The Hall–Kier alpha value is -0.900. The summed E-state index contributed by atoms with van der Waals surface area (Å²) in [6.07, 6.45) is 2.25. The van der Waals surface area contributed by atoms with Crippen LogP contribution in [0.2, 0.25) is 0 Å². The Morgan fingerprint density at radius 1 is 1.20 bits per heavy atom. The SMILES string of the molecule is CCc1ccc(C(CC)N2CCN(C)CC2CN)cc1. The van der Waals surface area contributed by atoms with Crippen LogP contribution in [0.4, 0.5) is 0 Å². The molecule has 2 unspecified atom stereocenters. The lowest BCUT2D eigenvalue weighted by Crippen LogP contribution is -2.55. The number of benzene rings is 1. The van der Waals surface area contributed by atoms with Gasteiger partial charge in [-0.25, -0.2) is 0 Å². The first-order chi connectivity index (χ1) is 9.69. The van der Waals surface area contributed by atoms with E-state index in [9.17, 15) is 0 Å². The highest BCUT2D eigenvalue weighted by atomic mass is 15.3. The van der Waals surface area contributed by atoms with Gasteiger partial charge < -0.3 is 10.6 Å². The minimum absolute atomic E-state index is 0.476. The van der Waals surface area contributed by atoms with Crippen LogP contribution in [-0.2, 0) is 6.42 Å². The fourth-order valence-electron chi connectivity index (χ4n) is 3.28. The van der Waals surface area contributed by atoms with Gasteiger partial charge in [-0.3, -0.25) is 4.90 Å². The topological polar surface area (TPSA) is 32.5 Å². The van der Waals surface area contributed by atoms with Crippen molar-refractivity contribution in [2.75, 3.05) is 33.2 Å². The first-order valence-electron chi connectivity index (χ1n) is 7.92. The molecular formula is C17H29N3. The fourth-order valence-corrected chi connectivity index (χ4v) is 3.28. The lowest BCUT2D eigenvalue weighted by molar-refractivity contribution is 0.0538. The van der Waals surface area contributed by atoms with Gasteiger partial charge in [-0.1, -0.05) is 38.1 Å². The van der Waals surface area contributed by atoms with Crippen molar-refractivity contribution in [3.63, 3.8) is 0 Å². The number of hydrogen-bond acceptors (Lipinski definition) is 3. The van der Waals surface area contributed by atoms with Crippen molar-refractivity contribution >= 4 is 0 Å². The molecule has 1 aromatic rings. The first-order valence-corrected chi connectivity index (χ1v) is 7.92. The Bertz CT molecular complexity index is 401. The van der Waals surface area contributed by atoms with Gasteiger partial charge in [0.1, 0.15) is 0 Å².